The van der Waals surface area contributed by atoms with Crippen molar-refractivity contribution in [1.29, 1.82) is 0 Å². The summed E-state index contributed by atoms with van der Waals surface area (Å²) in [7, 11) is 0. The lowest BCUT2D eigenvalue weighted by molar-refractivity contribution is 0.0930. The monoisotopic (exact) mass is 510 g/mol. The SMILES string of the molecule is Nc1c(C(=O)N/N=C/c2ccc3c(c2)OCO3)oc2nc(-c3ccc(Cl)cc3)cc(-c3ccccc3)c12. The van der Waals surface area contributed by atoms with Crippen molar-refractivity contribution in [3.05, 3.63) is 95.2 Å². The summed E-state index contributed by atoms with van der Waals surface area (Å²) in [5, 5.41) is 5.21. The van der Waals surface area contributed by atoms with Gasteiger partial charge in [-0.25, -0.2) is 10.4 Å². The zero-order valence-electron chi connectivity index (χ0n) is 19.3. The van der Waals surface area contributed by atoms with E-state index in [1.54, 1.807) is 30.3 Å². The van der Waals surface area contributed by atoms with Gasteiger partial charge in [-0.1, -0.05) is 54.1 Å². The topological polar surface area (TPSA) is 112 Å². The first-order chi connectivity index (χ1) is 18.1. The largest absolute Gasteiger partial charge is 0.454 e. The van der Waals surface area contributed by atoms with E-state index in [9.17, 15) is 4.79 Å². The van der Waals surface area contributed by atoms with Crippen LogP contribution < -0.4 is 20.6 Å². The first kappa shape index (κ1) is 22.6. The smallest absolute Gasteiger partial charge is 0.309 e. The number of hydrogen-bond acceptors (Lipinski definition) is 7. The highest BCUT2D eigenvalue weighted by molar-refractivity contribution is 6.30. The Morgan fingerprint density at radius 1 is 0.973 bits per heavy atom. The summed E-state index contributed by atoms with van der Waals surface area (Å²) in [6.45, 7) is 0.177. The molecular weight excluding hydrogens is 492 g/mol. The summed E-state index contributed by atoms with van der Waals surface area (Å²) in [6, 6.07) is 24.3. The Labute approximate surface area is 216 Å². The van der Waals surface area contributed by atoms with Crippen LogP contribution in [0.4, 0.5) is 5.69 Å². The molecule has 0 atom stereocenters. The van der Waals surface area contributed by atoms with Gasteiger partial charge in [0.1, 0.15) is 0 Å². The molecule has 0 saturated heterocycles. The van der Waals surface area contributed by atoms with Crippen molar-refractivity contribution in [2.24, 2.45) is 5.10 Å². The van der Waals surface area contributed by atoms with Gasteiger partial charge in [-0.05, 0) is 53.1 Å². The maximum absolute atomic E-state index is 13.0. The molecule has 0 spiro atoms. The number of nitrogens with two attached hydrogens (primary N) is 1. The van der Waals surface area contributed by atoms with Crippen molar-refractivity contribution in [3.63, 3.8) is 0 Å². The van der Waals surface area contributed by atoms with Gasteiger partial charge in [-0.2, -0.15) is 5.10 Å². The van der Waals surface area contributed by atoms with Gasteiger partial charge in [0.25, 0.3) is 0 Å². The third kappa shape index (κ3) is 4.34. The summed E-state index contributed by atoms with van der Waals surface area (Å²) in [4.78, 5) is 17.6. The molecule has 6 rings (SSSR count). The van der Waals surface area contributed by atoms with Gasteiger partial charge < -0.3 is 19.6 Å². The fourth-order valence-corrected chi connectivity index (χ4v) is 4.24. The van der Waals surface area contributed by atoms with Crippen LogP contribution in [0.3, 0.4) is 0 Å². The van der Waals surface area contributed by atoms with Crippen molar-refractivity contribution in [2.75, 3.05) is 12.5 Å². The van der Waals surface area contributed by atoms with Crippen LogP contribution in [-0.4, -0.2) is 23.9 Å². The van der Waals surface area contributed by atoms with E-state index in [2.05, 4.69) is 15.5 Å². The maximum atomic E-state index is 13.0. The van der Waals surface area contributed by atoms with Gasteiger partial charge in [-0.3, -0.25) is 4.79 Å². The van der Waals surface area contributed by atoms with E-state index in [0.29, 0.717) is 27.6 Å². The molecule has 182 valence electrons. The van der Waals surface area contributed by atoms with E-state index in [0.717, 1.165) is 22.3 Å². The third-order valence-electron chi connectivity index (χ3n) is 5.91. The van der Waals surface area contributed by atoms with E-state index >= 15 is 0 Å². The summed E-state index contributed by atoms with van der Waals surface area (Å²) in [6.07, 6.45) is 1.49. The number of anilines is 1. The van der Waals surface area contributed by atoms with Crippen LogP contribution >= 0.6 is 11.6 Å². The lowest BCUT2D eigenvalue weighted by Gasteiger charge is -2.08. The first-order valence-corrected chi connectivity index (χ1v) is 11.7. The number of furan rings is 1. The van der Waals surface area contributed by atoms with Gasteiger partial charge in [0.05, 0.1) is 23.0 Å². The summed E-state index contributed by atoms with van der Waals surface area (Å²) >= 11 is 6.06. The van der Waals surface area contributed by atoms with E-state index in [-0.39, 0.29) is 24.0 Å². The zero-order chi connectivity index (χ0) is 25.4. The minimum absolute atomic E-state index is 0.0734. The Morgan fingerprint density at radius 2 is 1.76 bits per heavy atom. The lowest BCUT2D eigenvalue weighted by atomic mass is 9.99. The molecule has 0 saturated carbocycles. The Balaban J connectivity index is 1.36. The fraction of sp³-hybridized carbons (Fsp3) is 0.0357. The molecule has 1 aliphatic heterocycles. The number of hydrazone groups is 1. The second-order valence-corrected chi connectivity index (χ2v) is 8.70. The van der Waals surface area contributed by atoms with Crippen LogP contribution in [0.15, 0.2) is 88.4 Å². The molecular formula is C28H19ClN4O4. The van der Waals surface area contributed by atoms with E-state index in [1.165, 1.54) is 6.21 Å². The van der Waals surface area contributed by atoms with Gasteiger partial charge in [0, 0.05) is 10.6 Å². The van der Waals surface area contributed by atoms with Gasteiger partial charge in [0.15, 0.2) is 11.5 Å². The molecule has 1 amide bonds. The number of nitrogens with zero attached hydrogens (tertiary/aromatic N) is 2. The predicted octanol–water partition coefficient (Wildman–Crippen LogP) is 5.89. The molecule has 0 fully saturated rings. The second-order valence-electron chi connectivity index (χ2n) is 8.26. The summed E-state index contributed by atoms with van der Waals surface area (Å²) < 4.78 is 16.6. The van der Waals surface area contributed by atoms with Crippen LogP contribution in [0, 0.1) is 0 Å². The van der Waals surface area contributed by atoms with E-state index < -0.39 is 5.91 Å². The average molecular weight is 511 g/mol. The molecule has 9 heteroatoms. The molecule has 8 nitrogen and oxygen atoms in total. The number of fused-ring (bicyclic) bond motifs is 2. The lowest BCUT2D eigenvalue weighted by Crippen LogP contribution is -2.18. The van der Waals surface area contributed by atoms with Crippen molar-refractivity contribution in [2.45, 2.75) is 0 Å². The van der Waals surface area contributed by atoms with Crippen LogP contribution in [0.25, 0.3) is 33.5 Å². The standard InChI is InChI=1S/C28H19ClN4O4/c29-19-9-7-18(8-10-19)21-13-20(17-4-2-1-3-5-17)24-25(30)26(37-28(24)32-21)27(34)33-31-14-16-6-11-22-23(12-16)36-15-35-22/h1-14H,15,30H2,(H,33,34)/b31-14+. The van der Waals surface area contributed by atoms with Crippen molar-refractivity contribution in [1.82, 2.24) is 10.4 Å². The molecule has 3 aromatic carbocycles. The molecule has 1 aliphatic rings. The van der Waals surface area contributed by atoms with Crippen LogP contribution in [0.1, 0.15) is 16.1 Å². The highest BCUT2D eigenvalue weighted by Gasteiger charge is 2.23. The number of pyridine rings is 1. The Morgan fingerprint density at radius 3 is 2.57 bits per heavy atom. The average Bonchev–Trinajstić information content (AvgIpc) is 3.53. The number of nitrogens with one attached hydrogen (secondary N) is 1. The zero-order valence-corrected chi connectivity index (χ0v) is 20.0. The minimum Gasteiger partial charge on any atom is -0.454 e. The molecule has 37 heavy (non-hydrogen) atoms. The number of nitrogen functional groups attached to an aromatic ring is 1. The summed E-state index contributed by atoms with van der Waals surface area (Å²) in [5.41, 5.74) is 13.3. The number of carbonyl (C=O) groups is 1. The van der Waals surface area contributed by atoms with Crippen LogP contribution in [0.5, 0.6) is 11.5 Å². The predicted molar refractivity (Wildman–Crippen MR) is 142 cm³/mol. The van der Waals surface area contributed by atoms with E-state index in [1.807, 2.05) is 48.5 Å². The van der Waals surface area contributed by atoms with E-state index in [4.69, 9.17) is 31.2 Å². The van der Waals surface area contributed by atoms with Gasteiger partial charge >= 0.3 is 5.91 Å². The van der Waals surface area contributed by atoms with Crippen molar-refractivity contribution < 1.29 is 18.7 Å². The number of halogens is 1. The number of ether oxygens (including phenoxy) is 2. The quantitative estimate of drug-likeness (QED) is 0.225. The fourth-order valence-electron chi connectivity index (χ4n) is 4.11. The molecule has 3 heterocycles. The Bertz CT molecular complexity index is 1660. The molecule has 0 radical (unpaired) electrons. The van der Waals surface area contributed by atoms with Gasteiger partial charge in [-0.15, -0.1) is 0 Å². The first-order valence-electron chi connectivity index (χ1n) is 11.3. The maximum Gasteiger partial charge on any atom is 0.309 e. The number of rotatable bonds is 5. The van der Waals surface area contributed by atoms with Crippen LogP contribution in [-0.2, 0) is 0 Å². The number of benzene rings is 3. The Hall–Kier alpha value is -4.82. The number of carbonyl (C=O) groups excluding carboxylic acids is 1. The minimum atomic E-state index is -0.598. The Kier molecular flexibility index (Phi) is 5.71. The third-order valence-corrected chi connectivity index (χ3v) is 6.16. The van der Waals surface area contributed by atoms with Gasteiger partial charge in [0.2, 0.25) is 18.3 Å². The molecule has 2 aromatic heterocycles. The molecule has 5 aromatic rings. The summed E-state index contributed by atoms with van der Waals surface area (Å²) in [5.74, 6) is 0.610. The number of hydrogen-bond donors (Lipinski definition) is 2. The molecule has 0 bridgehead atoms. The highest BCUT2D eigenvalue weighted by atomic mass is 35.5. The molecule has 3 N–H and O–H groups in total. The molecule has 0 aliphatic carbocycles. The van der Waals surface area contributed by atoms with Crippen LogP contribution in [0.2, 0.25) is 5.02 Å². The highest BCUT2D eigenvalue weighted by Crippen LogP contribution is 2.38. The number of amides is 1. The van der Waals surface area contributed by atoms with Crippen molar-refractivity contribution in [3.8, 4) is 33.9 Å². The second kappa shape index (κ2) is 9.33. The normalized spacial score (nSPS) is 12.4. The molecule has 0 unspecified atom stereocenters. The number of aromatic nitrogens is 1. The van der Waals surface area contributed by atoms with Crippen molar-refractivity contribution >= 4 is 40.5 Å².